The Morgan fingerprint density at radius 1 is 1.14 bits per heavy atom. The summed E-state index contributed by atoms with van der Waals surface area (Å²) in [7, 11) is 0. The molecule has 0 saturated carbocycles. The van der Waals surface area contributed by atoms with Gasteiger partial charge >= 0.3 is 5.69 Å². The van der Waals surface area contributed by atoms with Crippen LogP contribution in [0.5, 0.6) is 0 Å². The second kappa shape index (κ2) is 4.84. The maximum atomic E-state index is 11.8. The van der Waals surface area contributed by atoms with E-state index in [-0.39, 0.29) is 43.3 Å². The summed E-state index contributed by atoms with van der Waals surface area (Å²) in [5.74, 6) is -0.141. The van der Waals surface area contributed by atoms with Crippen LogP contribution in [0.15, 0.2) is 27.4 Å². The molecule has 9 heteroatoms. The lowest BCUT2D eigenvalue weighted by Crippen LogP contribution is -2.07. The first kappa shape index (κ1) is 14.1. The fourth-order valence-corrected chi connectivity index (χ4v) is 2.54. The van der Waals surface area contributed by atoms with Crippen molar-refractivity contribution in [3.63, 3.8) is 0 Å². The summed E-state index contributed by atoms with van der Waals surface area (Å²) in [4.78, 5) is 26.3. The predicted molar refractivity (Wildman–Crippen MR) is 78.6 cm³/mol. The summed E-state index contributed by atoms with van der Waals surface area (Å²) in [5, 5.41) is 10.3. The second-order valence-corrected chi connectivity index (χ2v) is 5.18. The Kier molecular flexibility index (Phi) is 3.24. The van der Waals surface area contributed by atoms with Gasteiger partial charge in [-0.15, -0.1) is 0 Å². The van der Waals surface area contributed by atoms with Crippen molar-refractivity contribution in [2.45, 2.75) is 0 Å². The molecule has 0 radical (unpaired) electrons. The van der Waals surface area contributed by atoms with Crippen molar-refractivity contribution in [2.24, 2.45) is 0 Å². The van der Waals surface area contributed by atoms with Crippen molar-refractivity contribution in [3.8, 4) is 11.5 Å². The van der Waals surface area contributed by atoms with E-state index in [1.165, 1.54) is 18.2 Å². The normalized spacial score (nSPS) is 11.2. The molecule has 0 unspecified atom stereocenters. The third-order valence-electron chi connectivity index (χ3n) is 2.82. The van der Waals surface area contributed by atoms with Gasteiger partial charge in [0.05, 0.1) is 9.95 Å². The number of para-hydroxylation sites is 1. The molecule has 1 aromatic carbocycles. The molecule has 0 atom stereocenters. The summed E-state index contributed by atoms with van der Waals surface area (Å²) < 4.78 is 5.41. The molecule has 0 amide bonds. The highest BCUT2D eigenvalue weighted by Gasteiger charge is 2.26. The molecule has 0 aromatic heterocycles. The van der Waals surface area contributed by atoms with Crippen LogP contribution in [0, 0.1) is 10.1 Å². The first-order valence-corrected chi connectivity index (χ1v) is 6.59. The smallest absolute Gasteiger partial charge is 0.313 e. The maximum Gasteiger partial charge on any atom is 0.313 e. The minimum atomic E-state index is -0.723. The molecule has 21 heavy (non-hydrogen) atoms. The molecule has 3 rings (SSSR count). The molecular weight excluding hydrogens is 343 g/mol. The van der Waals surface area contributed by atoms with Gasteiger partial charge < -0.3 is 4.42 Å². The largest absolute Gasteiger partial charge is 0.444 e. The van der Waals surface area contributed by atoms with Crippen molar-refractivity contribution in [2.75, 3.05) is 0 Å². The molecule has 1 aliphatic carbocycles. The van der Waals surface area contributed by atoms with Crippen LogP contribution in [0.1, 0.15) is 0 Å². The number of nitrogens with zero attached hydrogens (tertiary/aromatic N) is 2. The zero-order valence-electron chi connectivity index (χ0n) is 9.89. The average molecular weight is 346 g/mol. The maximum absolute atomic E-state index is 11.8. The highest BCUT2D eigenvalue weighted by atomic mass is 35.5. The monoisotopic (exact) mass is 344 g/mol. The Balaban J connectivity index is 2.57. The first-order chi connectivity index (χ1) is 9.91. The third kappa shape index (κ3) is 2.03. The van der Waals surface area contributed by atoms with Crippen LogP contribution in [-0.2, 0) is 0 Å². The van der Waals surface area contributed by atoms with Crippen molar-refractivity contribution in [3.05, 3.63) is 53.6 Å². The molecule has 6 nitrogen and oxygen atoms in total. The molecular formula is C12H3Cl3N2O4. The Morgan fingerprint density at radius 2 is 1.86 bits per heavy atom. The molecule has 106 valence electrons. The minimum absolute atomic E-state index is 0.0688. The lowest BCUT2D eigenvalue weighted by Gasteiger charge is -2.10. The van der Waals surface area contributed by atoms with Gasteiger partial charge in [-0.25, -0.2) is 4.98 Å². The van der Waals surface area contributed by atoms with E-state index in [4.69, 9.17) is 39.2 Å². The average Bonchev–Trinajstić information content (AvgIpc) is 2.48. The van der Waals surface area contributed by atoms with Crippen molar-refractivity contribution < 1.29 is 9.34 Å². The van der Waals surface area contributed by atoms with Gasteiger partial charge in [-0.1, -0.05) is 40.9 Å². The standard InChI is InChI=1S/C12H3Cl3N2O4/c13-6-7(14)10(18)8(15)12-9(6)16-4-2-1-3-5(17(19)20)11(4)21-12/h1-3H. The molecule has 1 heterocycles. The number of aromatic nitrogens is 1. The predicted octanol–water partition coefficient (Wildman–Crippen LogP) is 4.16. The van der Waals surface area contributed by atoms with Gasteiger partial charge in [0.15, 0.2) is 5.76 Å². The summed E-state index contributed by atoms with van der Waals surface area (Å²) >= 11 is 17.6. The van der Waals surface area contributed by atoms with Gasteiger partial charge in [0, 0.05) is 6.07 Å². The van der Waals surface area contributed by atoms with Crippen LogP contribution in [-0.4, -0.2) is 9.91 Å². The van der Waals surface area contributed by atoms with Crippen molar-refractivity contribution >= 4 is 51.6 Å². The SMILES string of the molecule is O=c1c(Cl)c2oc3c([N+](=O)[O-])cccc3nc-2c(Cl)c1Cl. The molecule has 0 bridgehead atoms. The van der Waals surface area contributed by atoms with E-state index >= 15 is 0 Å². The second-order valence-electron chi connectivity index (χ2n) is 4.05. The van der Waals surface area contributed by atoms with E-state index in [2.05, 4.69) is 4.98 Å². The summed E-state index contributed by atoms with van der Waals surface area (Å²) in [6.45, 7) is 0. The van der Waals surface area contributed by atoms with Crippen LogP contribution in [0.2, 0.25) is 15.1 Å². The summed E-state index contributed by atoms with van der Waals surface area (Å²) in [6, 6.07) is 4.21. The van der Waals surface area contributed by atoms with E-state index in [0.29, 0.717) is 0 Å². The lowest BCUT2D eigenvalue weighted by atomic mass is 10.2. The Morgan fingerprint density at radius 3 is 2.52 bits per heavy atom. The molecule has 1 aliphatic heterocycles. The lowest BCUT2D eigenvalue weighted by molar-refractivity contribution is -0.383. The quantitative estimate of drug-likeness (QED) is 0.286. The van der Waals surface area contributed by atoms with Crippen LogP contribution >= 0.6 is 34.8 Å². The molecule has 0 spiro atoms. The minimum Gasteiger partial charge on any atom is -0.444 e. The van der Waals surface area contributed by atoms with E-state index in [0.717, 1.165) is 0 Å². The number of rotatable bonds is 1. The van der Waals surface area contributed by atoms with Gasteiger partial charge in [-0.2, -0.15) is 0 Å². The zero-order chi connectivity index (χ0) is 15.3. The molecule has 0 N–H and O–H groups in total. The molecule has 0 fully saturated rings. The number of hydrogen-bond donors (Lipinski definition) is 0. The van der Waals surface area contributed by atoms with Crippen LogP contribution in [0.3, 0.4) is 0 Å². The van der Waals surface area contributed by atoms with Gasteiger partial charge in [-0.05, 0) is 6.07 Å². The summed E-state index contributed by atoms with van der Waals surface area (Å²) in [6.07, 6.45) is 0. The topological polar surface area (TPSA) is 86.2 Å². The van der Waals surface area contributed by atoms with Gasteiger partial charge in [0.25, 0.3) is 0 Å². The number of halogens is 3. The fourth-order valence-electron chi connectivity index (χ4n) is 1.87. The fraction of sp³-hybridized carbons (Fsp3) is 0. The number of hydrogen-bond acceptors (Lipinski definition) is 5. The number of fused-ring (bicyclic) bond motifs is 2. The Bertz CT molecular complexity index is 938. The van der Waals surface area contributed by atoms with Gasteiger partial charge in [0.2, 0.25) is 11.0 Å². The molecule has 2 aliphatic rings. The van der Waals surface area contributed by atoms with Crippen LogP contribution in [0.25, 0.3) is 22.6 Å². The first-order valence-electron chi connectivity index (χ1n) is 5.46. The summed E-state index contributed by atoms with van der Waals surface area (Å²) in [5.41, 5.74) is -0.853. The Hall–Kier alpha value is -1.89. The molecule has 0 saturated heterocycles. The van der Waals surface area contributed by atoms with E-state index in [1.54, 1.807) is 0 Å². The van der Waals surface area contributed by atoms with Gasteiger partial charge in [0.1, 0.15) is 21.3 Å². The number of nitro groups is 1. The van der Waals surface area contributed by atoms with Crippen molar-refractivity contribution in [1.82, 2.24) is 4.98 Å². The van der Waals surface area contributed by atoms with Crippen LogP contribution in [0.4, 0.5) is 5.69 Å². The van der Waals surface area contributed by atoms with E-state index < -0.39 is 10.4 Å². The highest BCUT2D eigenvalue weighted by molar-refractivity contribution is 6.45. The third-order valence-corrected chi connectivity index (χ3v) is 3.99. The van der Waals surface area contributed by atoms with E-state index in [9.17, 15) is 14.9 Å². The van der Waals surface area contributed by atoms with E-state index in [1.807, 2.05) is 0 Å². The van der Waals surface area contributed by atoms with Crippen LogP contribution < -0.4 is 5.43 Å². The molecule has 1 aromatic rings. The van der Waals surface area contributed by atoms with Gasteiger partial charge in [-0.3, -0.25) is 14.9 Å². The number of nitro benzene ring substituents is 1. The highest BCUT2D eigenvalue weighted by Crippen LogP contribution is 2.39. The number of benzene rings is 2. The number of non-ortho nitro benzene ring substituents is 1. The Labute approximate surface area is 131 Å². The zero-order valence-corrected chi connectivity index (χ0v) is 12.2. The van der Waals surface area contributed by atoms with Crippen molar-refractivity contribution in [1.29, 1.82) is 0 Å².